The van der Waals surface area contributed by atoms with Crippen molar-refractivity contribution in [2.45, 2.75) is 315 Å². The highest BCUT2D eigenvalue weighted by molar-refractivity contribution is 7.47. The SMILES string of the molecule is CC/C=C\C/C=C\C/C=C\C/C=C\C/C=C\C/C=C\C/C=C\C/C=C\C/C=C\C/C=C\CCCCCCCCCCCCC(=O)OC(COC(=O)CCCCCCCCCCCCCCCC/C=C\C/C=C\C/C=C\C/C=C\C/C=C\C/C=C\C/C=C\C/C=C\CC)COP(=O)(O)OCCN. The summed E-state index contributed by atoms with van der Waals surface area (Å²) in [4.78, 5) is 35.5. The van der Waals surface area contributed by atoms with E-state index in [0.29, 0.717) is 6.42 Å². The fourth-order valence-corrected chi connectivity index (χ4v) is 11.3. The maximum atomic E-state index is 12.8. The van der Waals surface area contributed by atoms with Crippen LogP contribution in [-0.4, -0.2) is 49.3 Å². The van der Waals surface area contributed by atoms with E-state index >= 15 is 0 Å². The second-order valence-corrected chi connectivity index (χ2v) is 27.3. The molecular weight excluding hydrogens is 1270 g/mol. The first-order valence-electron chi connectivity index (χ1n) is 40.2. The Morgan fingerprint density at radius 2 is 0.515 bits per heavy atom. The number of nitrogens with two attached hydrogens (primary N) is 1. The number of hydrogen-bond donors (Lipinski definition) is 2. The van der Waals surface area contributed by atoms with Gasteiger partial charge in [-0.25, -0.2) is 4.57 Å². The summed E-state index contributed by atoms with van der Waals surface area (Å²) in [5, 5.41) is 0. The average Bonchev–Trinajstić information content (AvgIpc) is 1.04. The molecule has 0 aliphatic heterocycles. The zero-order valence-corrected chi connectivity index (χ0v) is 64.9. The summed E-state index contributed by atoms with van der Waals surface area (Å²) >= 11 is 0. The van der Waals surface area contributed by atoms with E-state index in [1.807, 2.05) is 0 Å². The first-order chi connectivity index (χ1) is 49.8. The van der Waals surface area contributed by atoms with Crippen LogP contribution in [0.1, 0.15) is 309 Å². The van der Waals surface area contributed by atoms with E-state index in [4.69, 9.17) is 24.3 Å². The van der Waals surface area contributed by atoms with Gasteiger partial charge in [-0.05, 0) is 154 Å². The van der Waals surface area contributed by atoms with Gasteiger partial charge in [0.1, 0.15) is 6.61 Å². The number of allylic oxidation sites excluding steroid dienone is 36. The van der Waals surface area contributed by atoms with Crippen LogP contribution in [0.3, 0.4) is 0 Å². The van der Waals surface area contributed by atoms with E-state index in [9.17, 15) is 19.0 Å². The minimum atomic E-state index is -4.41. The molecule has 0 amide bonds. The molecule has 0 aromatic rings. The van der Waals surface area contributed by atoms with Crippen LogP contribution in [0.2, 0.25) is 0 Å². The molecule has 0 aliphatic rings. The number of carbonyl (C=O) groups excluding carboxylic acids is 2. The highest BCUT2D eigenvalue weighted by atomic mass is 31.2. The van der Waals surface area contributed by atoms with Gasteiger partial charge in [0.25, 0.3) is 0 Å². The second kappa shape index (κ2) is 83.3. The molecule has 2 unspecified atom stereocenters. The Labute approximate surface area is 620 Å². The highest BCUT2D eigenvalue weighted by Gasteiger charge is 2.26. The second-order valence-electron chi connectivity index (χ2n) is 25.8. The molecular formula is C91H146NO8P. The van der Waals surface area contributed by atoms with Gasteiger partial charge in [-0.3, -0.25) is 18.6 Å². The lowest BCUT2D eigenvalue weighted by Crippen LogP contribution is -2.29. The Morgan fingerprint density at radius 3 is 0.762 bits per heavy atom. The third-order valence-corrected chi connectivity index (χ3v) is 17.3. The average molecular weight is 1410 g/mol. The number of phosphoric acid groups is 1. The fraction of sp³-hybridized carbons (Fsp3) is 0.582. The van der Waals surface area contributed by atoms with Crippen molar-refractivity contribution in [3.63, 3.8) is 0 Å². The van der Waals surface area contributed by atoms with Crippen LogP contribution >= 0.6 is 7.82 Å². The molecule has 0 radical (unpaired) electrons. The van der Waals surface area contributed by atoms with Crippen molar-refractivity contribution in [1.82, 2.24) is 0 Å². The quantitative estimate of drug-likeness (QED) is 0.0264. The molecule has 0 bridgehead atoms. The first kappa shape index (κ1) is 95.3. The van der Waals surface area contributed by atoms with Crippen LogP contribution in [0.4, 0.5) is 0 Å². The molecule has 0 aromatic heterocycles. The number of rotatable bonds is 73. The topological polar surface area (TPSA) is 134 Å². The molecule has 0 saturated heterocycles. The van der Waals surface area contributed by atoms with Gasteiger partial charge < -0.3 is 20.1 Å². The van der Waals surface area contributed by atoms with Crippen molar-refractivity contribution in [2.75, 3.05) is 26.4 Å². The van der Waals surface area contributed by atoms with Gasteiger partial charge in [0.2, 0.25) is 0 Å². The Morgan fingerprint density at radius 1 is 0.297 bits per heavy atom. The molecule has 568 valence electrons. The third kappa shape index (κ3) is 83.2. The molecule has 3 N–H and O–H groups in total. The van der Waals surface area contributed by atoms with Gasteiger partial charge in [0.05, 0.1) is 13.2 Å². The summed E-state index contributed by atoms with van der Waals surface area (Å²) in [6, 6.07) is 0. The highest BCUT2D eigenvalue weighted by Crippen LogP contribution is 2.43. The number of unbranched alkanes of at least 4 members (excludes halogenated alkanes) is 24. The third-order valence-electron chi connectivity index (χ3n) is 16.4. The van der Waals surface area contributed by atoms with E-state index in [2.05, 4.69) is 233 Å². The molecule has 9 nitrogen and oxygen atoms in total. The van der Waals surface area contributed by atoms with Crippen molar-refractivity contribution >= 4 is 19.8 Å². The molecule has 0 aromatic carbocycles. The monoisotopic (exact) mass is 1410 g/mol. The van der Waals surface area contributed by atoms with E-state index in [1.54, 1.807) is 0 Å². The van der Waals surface area contributed by atoms with Crippen LogP contribution < -0.4 is 5.73 Å². The van der Waals surface area contributed by atoms with Crippen LogP contribution in [0, 0.1) is 0 Å². The molecule has 0 rings (SSSR count). The number of hydrogen-bond acceptors (Lipinski definition) is 8. The zero-order chi connectivity index (χ0) is 72.9. The van der Waals surface area contributed by atoms with Crippen LogP contribution in [0.5, 0.6) is 0 Å². The van der Waals surface area contributed by atoms with Crippen molar-refractivity contribution in [3.8, 4) is 0 Å². The van der Waals surface area contributed by atoms with Crippen molar-refractivity contribution < 1.29 is 37.6 Å². The minimum Gasteiger partial charge on any atom is -0.462 e. The van der Waals surface area contributed by atoms with E-state index in [0.717, 1.165) is 161 Å². The molecule has 2 atom stereocenters. The number of ether oxygens (including phenoxy) is 2. The lowest BCUT2D eigenvalue weighted by atomic mass is 10.0. The summed E-state index contributed by atoms with van der Waals surface area (Å²) in [7, 11) is -4.41. The summed E-state index contributed by atoms with van der Waals surface area (Å²) in [6.07, 6.45) is 129. The molecule has 0 heterocycles. The standard InChI is InChI=1S/C91H146NO8P/c1-3-5-7-9-11-13-15-17-19-21-23-25-27-29-31-33-35-37-39-41-43-44-46-48-50-52-54-56-58-60-62-64-66-68-70-72-74-76-78-80-82-84-91(94)100-89(88-99-101(95,96)98-86-85-92)87-97-90(93)83-81-79-77-75-73-71-69-67-65-63-61-59-57-55-53-51-49-47-45-42-40-38-36-34-32-30-28-26-24-22-20-18-16-14-12-10-8-6-4-2/h5-8,11-14,17-20,23-26,29-32,35-38,41-43,45-46,48-49,51-52,54,58,60,89H,3-4,9-10,15-16,21-22,27-28,33-34,39-40,44,47,50,53,55-57,59,61-88,92H2,1-2H3,(H,95,96)/b7-5-,8-6-,13-11-,14-12-,19-17-,20-18-,25-23-,26-24-,31-29-,32-30-,37-35-,38-36-,43-41-,45-42-,48-46-,51-49-,54-52-,60-58-. The minimum absolute atomic E-state index is 0.0436. The summed E-state index contributed by atoms with van der Waals surface area (Å²) < 4.78 is 33.3. The molecule has 0 spiro atoms. The molecule has 0 aliphatic carbocycles. The molecule has 10 heteroatoms. The summed E-state index contributed by atoms with van der Waals surface area (Å²) in [6.45, 7) is 3.51. The normalized spacial score (nSPS) is 14.1. The van der Waals surface area contributed by atoms with Crippen molar-refractivity contribution in [1.29, 1.82) is 0 Å². The van der Waals surface area contributed by atoms with Gasteiger partial charge in [0, 0.05) is 19.4 Å². The van der Waals surface area contributed by atoms with Gasteiger partial charge in [-0.15, -0.1) is 0 Å². The lowest BCUT2D eigenvalue weighted by Gasteiger charge is -2.19. The summed E-state index contributed by atoms with van der Waals surface area (Å²) in [5.41, 5.74) is 5.41. The Balaban J connectivity index is 3.92. The summed E-state index contributed by atoms with van der Waals surface area (Å²) in [5.74, 6) is -0.840. The molecule has 0 saturated carbocycles. The zero-order valence-electron chi connectivity index (χ0n) is 64.0. The lowest BCUT2D eigenvalue weighted by molar-refractivity contribution is -0.161. The molecule has 101 heavy (non-hydrogen) atoms. The predicted octanol–water partition coefficient (Wildman–Crippen LogP) is 27.5. The van der Waals surface area contributed by atoms with Gasteiger partial charge >= 0.3 is 19.8 Å². The maximum Gasteiger partial charge on any atom is 0.472 e. The number of esters is 2. The van der Waals surface area contributed by atoms with E-state index in [-0.39, 0.29) is 38.6 Å². The smallest absolute Gasteiger partial charge is 0.462 e. The van der Waals surface area contributed by atoms with Crippen LogP contribution in [-0.2, 0) is 32.7 Å². The van der Waals surface area contributed by atoms with Crippen molar-refractivity contribution in [2.24, 2.45) is 5.73 Å². The fourth-order valence-electron chi connectivity index (χ4n) is 10.5. The predicted molar refractivity (Wildman–Crippen MR) is 440 cm³/mol. The maximum absolute atomic E-state index is 12.8. The van der Waals surface area contributed by atoms with E-state index in [1.165, 1.54) is 116 Å². The van der Waals surface area contributed by atoms with Gasteiger partial charge in [-0.2, -0.15) is 0 Å². The Hall–Kier alpha value is -5.67. The van der Waals surface area contributed by atoms with Crippen LogP contribution in [0.25, 0.3) is 0 Å². The Kier molecular flexibility index (Phi) is 78.6. The van der Waals surface area contributed by atoms with E-state index < -0.39 is 26.5 Å². The van der Waals surface area contributed by atoms with Gasteiger partial charge in [0.15, 0.2) is 6.10 Å². The van der Waals surface area contributed by atoms with Gasteiger partial charge in [-0.1, -0.05) is 361 Å². The first-order valence-corrected chi connectivity index (χ1v) is 41.7. The Bertz CT molecular complexity index is 2470. The molecule has 0 fully saturated rings. The van der Waals surface area contributed by atoms with Crippen LogP contribution in [0.15, 0.2) is 219 Å². The largest absolute Gasteiger partial charge is 0.472 e. The number of carbonyl (C=O) groups is 2. The van der Waals surface area contributed by atoms with Crippen molar-refractivity contribution in [3.05, 3.63) is 219 Å². The number of phosphoric ester groups is 1.